The normalized spacial score (nSPS) is 24.0. The molecule has 114 valence electrons. The summed E-state index contributed by atoms with van der Waals surface area (Å²) in [6, 6.07) is 17.5. The van der Waals surface area contributed by atoms with Crippen LogP contribution in [0.2, 0.25) is 0 Å². The first-order chi connectivity index (χ1) is 10.8. The van der Waals surface area contributed by atoms with Gasteiger partial charge in [0, 0.05) is 18.5 Å². The van der Waals surface area contributed by atoms with Crippen LogP contribution in [0.3, 0.4) is 0 Å². The van der Waals surface area contributed by atoms with E-state index in [-0.39, 0.29) is 0 Å². The van der Waals surface area contributed by atoms with E-state index in [0.717, 1.165) is 19.4 Å². The van der Waals surface area contributed by atoms with Crippen LogP contribution in [-0.2, 0) is 12.8 Å². The zero-order valence-corrected chi connectivity index (χ0v) is 12.9. The zero-order valence-electron chi connectivity index (χ0n) is 12.9. The molecule has 2 aromatic carbocycles. The van der Waals surface area contributed by atoms with E-state index in [1.165, 1.54) is 36.1 Å². The third-order valence-corrected chi connectivity index (χ3v) is 5.47. The van der Waals surface area contributed by atoms with Gasteiger partial charge in [0.1, 0.15) is 5.75 Å². The molecule has 1 N–H and O–H groups in total. The molecule has 2 aromatic rings. The average Bonchev–Trinajstić information content (AvgIpc) is 2.98. The van der Waals surface area contributed by atoms with Crippen molar-refractivity contribution in [2.75, 3.05) is 13.1 Å². The number of benzene rings is 2. The molecule has 1 heterocycles. The molecule has 0 unspecified atom stereocenters. The van der Waals surface area contributed by atoms with Crippen molar-refractivity contribution in [1.29, 1.82) is 0 Å². The Morgan fingerprint density at radius 3 is 2.73 bits per heavy atom. The molecular formula is C20H23NO. The lowest BCUT2D eigenvalue weighted by atomic mass is 9.79. The molecule has 0 bridgehead atoms. The Labute approximate surface area is 132 Å². The summed E-state index contributed by atoms with van der Waals surface area (Å²) in [7, 11) is 0. The fraction of sp³-hybridized carbons (Fsp3) is 0.400. The molecule has 2 heteroatoms. The molecule has 4 rings (SSSR count). The van der Waals surface area contributed by atoms with Gasteiger partial charge >= 0.3 is 0 Å². The number of phenolic OH excluding ortho intramolecular Hbond substituents is 1. The SMILES string of the molecule is Oc1cccc2c1CC[C@H]1[C@@H]2CCN1CCc1ccccc1. The second-order valence-electron chi connectivity index (χ2n) is 6.62. The summed E-state index contributed by atoms with van der Waals surface area (Å²) in [5, 5.41) is 10.1. The van der Waals surface area contributed by atoms with E-state index in [9.17, 15) is 5.11 Å². The number of likely N-dealkylation sites (tertiary alicyclic amines) is 1. The van der Waals surface area contributed by atoms with Crippen molar-refractivity contribution in [3.8, 4) is 5.75 Å². The number of fused-ring (bicyclic) bond motifs is 3. The fourth-order valence-corrected chi connectivity index (χ4v) is 4.36. The molecule has 0 saturated carbocycles. The van der Waals surface area contributed by atoms with Crippen LogP contribution < -0.4 is 0 Å². The molecule has 1 saturated heterocycles. The van der Waals surface area contributed by atoms with Crippen molar-refractivity contribution >= 4 is 0 Å². The van der Waals surface area contributed by atoms with Gasteiger partial charge in [0.15, 0.2) is 0 Å². The van der Waals surface area contributed by atoms with Crippen LogP contribution >= 0.6 is 0 Å². The smallest absolute Gasteiger partial charge is 0.119 e. The van der Waals surface area contributed by atoms with Crippen molar-refractivity contribution < 1.29 is 5.11 Å². The van der Waals surface area contributed by atoms with Crippen LogP contribution in [0, 0.1) is 0 Å². The van der Waals surface area contributed by atoms with Crippen molar-refractivity contribution in [2.45, 2.75) is 37.6 Å². The van der Waals surface area contributed by atoms with Gasteiger partial charge in [-0.25, -0.2) is 0 Å². The third kappa shape index (κ3) is 2.42. The van der Waals surface area contributed by atoms with E-state index in [4.69, 9.17) is 0 Å². The Kier molecular flexibility index (Phi) is 3.63. The molecule has 2 atom stereocenters. The standard InChI is InChI=1S/C20H23NO/c22-20-8-4-7-16-17-12-14-21(19(17)10-9-18(16)20)13-11-15-5-2-1-3-6-15/h1-8,17,19,22H,9-14H2/t17-,19+/m1/s1. The topological polar surface area (TPSA) is 23.5 Å². The first-order valence-electron chi connectivity index (χ1n) is 8.41. The maximum atomic E-state index is 10.1. The second kappa shape index (κ2) is 5.77. The summed E-state index contributed by atoms with van der Waals surface area (Å²) in [6.45, 7) is 2.34. The molecule has 0 aromatic heterocycles. The number of phenols is 1. The zero-order chi connectivity index (χ0) is 14.9. The predicted octanol–water partition coefficient (Wildman–Crippen LogP) is 3.74. The monoisotopic (exact) mass is 293 g/mol. The highest BCUT2D eigenvalue weighted by molar-refractivity contribution is 5.44. The number of hydrogen-bond donors (Lipinski definition) is 1. The van der Waals surface area contributed by atoms with E-state index in [0.29, 0.717) is 17.7 Å². The van der Waals surface area contributed by atoms with Crippen molar-refractivity contribution in [2.24, 2.45) is 0 Å². The van der Waals surface area contributed by atoms with Crippen LogP contribution in [0.1, 0.15) is 35.4 Å². The van der Waals surface area contributed by atoms with E-state index >= 15 is 0 Å². The minimum Gasteiger partial charge on any atom is -0.508 e. The number of hydrogen-bond acceptors (Lipinski definition) is 2. The van der Waals surface area contributed by atoms with E-state index in [1.807, 2.05) is 12.1 Å². The molecule has 0 radical (unpaired) electrons. The molecule has 22 heavy (non-hydrogen) atoms. The van der Waals surface area contributed by atoms with Crippen LogP contribution in [0.4, 0.5) is 0 Å². The van der Waals surface area contributed by atoms with Gasteiger partial charge in [-0.05, 0) is 55.0 Å². The van der Waals surface area contributed by atoms with Crippen LogP contribution in [0.5, 0.6) is 5.75 Å². The number of nitrogens with zero attached hydrogens (tertiary/aromatic N) is 1. The van der Waals surface area contributed by atoms with Crippen LogP contribution in [0.15, 0.2) is 48.5 Å². The molecular weight excluding hydrogens is 270 g/mol. The Morgan fingerprint density at radius 1 is 1.00 bits per heavy atom. The van der Waals surface area contributed by atoms with Gasteiger partial charge in [0.05, 0.1) is 0 Å². The van der Waals surface area contributed by atoms with E-state index in [2.05, 4.69) is 41.3 Å². The lowest BCUT2D eigenvalue weighted by molar-refractivity contribution is 0.228. The highest BCUT2D eigenvalue weighted by Gasteiger charge is 2.38. The number of aromatic hydroxyl groups is 1. The second-order valence-corrected chi connectivity index (χ2v) is 6.62. The molecule has 1 aliphatic heterocycles. The minimum absolute atomic E-state index is 0.499. The summed E-state index contributed by atoms with van der Waals surface area (Å²) in [4.78, 5) is 2.67. The molecule has 2 nitrogen and oxygen atoms in total. The minimum atomic E-state index is 0.499. The van der Waals surface area contributed by atoms with Gasteiger partial charge < -0.3 is 5.11 Å². The van der Waals surface area contributed by atoms with Gasteiger partial charge in [-0.15, -0.1) is 0 Å². The fourth-order valence-electron chi connectivity index (χ4n) is 4.36. The van der Waals surface area contributed by atoms with Crippen LogP contribution in [0.25, 0.3) is 0 Å². The summed E-state index contributed by atoms with van der Waals surface area (Å²) >= 11 is 0. The lowest BCUT2D eigenvalue weighted by Crippen LogP contribution is -2.36. The van der Waals surface area contributed by atoms with E-state index in [1.54, 1.807) is 0 Å². The van der Waals surface area contributed by atoms with Crippen LogP contribution in [-0.4, -0.2) is 29.1 Å². The average molecular weight is 293 g/mol. The highest BCUT2D eigenvalue weighted by atomic mass is 16.3. The summed E-state index contributed by atoms with van der Waals surface area (Å²) < 4.78 is 0. The Hall–Kier alpha value is -1.80. The van der Waals surface area contributed by atoms with Gasteiger partial charge in [-0.2, -0.15) is 0 Å². The molecule has 0 amide bonds. The van der Waals surface area contributed by atoms with Crippen molar-refractivity contribution in [1.82, 2.24) is 4.90 Å². The predicted molar refractivity (Wildman–Crippen MR) is 89.3 cm³/mol. The van der Waals surface area contributed by atoms with Gasteiger partial charge in [-0.3, -0.25) is 4.90 Å². The van der Waals surface area contributed by atoms with Gasteiger partial charge in [-0.1, -0.05) is 42.5 Å². The quantitative estimate of drug-likeness (QED) is 0.932. The molecule has 0 spiro atoms. The van der Waals surface area contributed by atoms with Gasteiger partial charge in [0.2, 0.25) is 0 Å². The molecule has 1 fully saturated rings. The van der Waals surface area contributed by atoms with Crippen molar-refractivity contribution in [3.05, 3.63) is 65.2 Å². The van der Waals surface area contributed by atoms with E-state index < -0.39 is 0 Å². The maximum Gasteiger partial charge on any atom is 0.119 e. The Balaban J connectivity index is 1.48. The summed E-state index contributed by atoms with van der Waals surface area (Å²) in [5.41, 5.74) is 4.03. The molecule has 1 aliphatic carbocycles. The Bertz CT molecular complexity index is 652. The summed E-state index contributed by atoms with van der Waals surface area (Å²) in [6.07, 6.45) is 4.57. The maximum absolute atomic E-state index is 10.1. The summed E-state index contributed by atoms with van der Waals surface area (Å²) in [5.74, 6) is 1.12. The third-order valence-electron chi connectivity index (χ3n) is 5.47. The first kappa shape index (κ1) is 13.8. The lowest BCUT2D eigenvalue weighted by Gasteiger charge is -2.33. The van der Waals surface area contributed by atoms with Gasteiger partial charge in [0.25, 0.3) is 0 Å². The number of rotatable bonds is 3. The Morgan fingerprint density at radius 2 is 1.86 bits per heavy atom. The van der Waals surface area contributed by atoms with Crippen molar-refractivity contribution in [3.63, 3.8) is 0 Å². The molecule has 2 aliphatic rings. The highest BCUT2D eigenvalue weighted by Crippen LogP contribution is 2.43. The first-order valence-corrected chi connectivity index (χ1v) is 8.41. The largest absolute Gasteiger partial charge is 0.508 e.